The fourth-order valence-corrected chi connectivity index (χ4v) is 4.48. The number of benzene rings is 1. The van der Waals surface area contributed by atoms with Gasteiger partial charge in [0.15, 0.2) is 0 Å². The predicted molar refractivity (Wildman–Crippen MR) is 82.2 cm³/mol. The zero-order valence-electron chi connectivity index (χ0n) is 11.8. The van der Waals surface area contributed by atoms with Crippen LogP contribution >= 0.6 is 11.6 Å². The van der Waals surface area contributed by atoms with Crippen molar-refractivity contribution < 1.29 is 8.42 Å². The lowest BCUT2D eigenvalue weighted by Crippen LogP contribution is -2.39. The van der Waals surface area contributed by atoms with Gasteiger partial charge < -0.3 is 5.73 Å². The van der Waals surface area contributed by atoms with Crippen LogP contribution in [0.5, 0.6) is 0 Å². The van der Waals surface area contributed by atoms with Gasteiger partial charge in [0.05, 0.1) is 5.69 Å². The molecule has 1 aromatic rings. The van der Waals surface area contributed by atoms with E-state index in [0.29, 0.717) is 10.9 Å². The van der Waals surface area contributed by atoms with Crippen LogP contribution in [0.4, 0.5) is 5.69 Å². The summed E-state index contributed by atoms with van der Waals surface area (Å²) in [5.74, 6) is 0.679. The van der Waals surface area contributed by atoms with Crippen LogP contribution < -0.4 is 5.73 Å². The largest absolute Gasteiger partial charge is 0.398 e. The molecule has 0 amide bonds. The van der Waals surface area contributed by atoms with E-state index in [9.17, 15) is 8.42 Å². The zero-order chi connectivity index (χ0) is 14.9. The molecule has 0 aliphatic heterocycles. The van der Waals surface area contributed by atoms with Gasteiger partial charge in [-0.3, -0.25) is 0 Å². The van der Waals surface area contributed by atoms with Gasteiger partial charge in [0.1, 0.15) is 4.90 Å². The molecule has 0 heterocycles. The van der Waals surface area contributed by atoms with Gasteiger partial charge in [0.2, 0.25) is 10.0 Å². The molecule has 112 valence electrons. The minimum Gasteiger partial charge on any atom is -0.398 e. The van der Waals surface area contributed by atoms with Crippen LogP contribution in [-0.2, 0) is 10.0 Å². The summed E-state index contributed by atoms with van der Waals surface area (Å²) in [6.45, 7) is 2.21. The Balaban J connectivity index is 2.27. The van der Waals surface area contributed by atoms with Gasteiger partial charge in [-0.05, 0) is 49.8 Å². The first-order chi connectivity index (χ1) is 9.32. The van der Waals surface area contributed by atoms with Crippen molar-refractivity contribution in [3.05, 3.63) is 23.2 Å². The molecule has 0 radical (unpaired) electrons. The van der Waals surface area contributed by atoms with Gasteiger partial charge in [0.25, 0.3) is 0 Å². The molecule has 1 aliphatic carbocycles. The molecular formula is C14H21ClN2O2S. The van der Waals surface area contributed by atoms with E-state index < -0.39 is 10.0 Å². The van der Waals surface area contributed by atoms with Crippen LogP contribution in [0.2, 0.25) is 5.02 Å². The fraction of sp³-hybridized carbons (Fsp3) is 0.571. The summed E-state index contributed by atoms with van der Waals surface area (Å²) in [6, 6.07) is 4.60. The number of halogens is 1. The first-order valence-corrected chi connectivity index (χ1v) is 8.67. The predicted octanol–water partition coefficient (Wildman–Crippen LogP) is 3.12. The Bertz CT molecular complexity index is 581. The summed E-state index contributed by atoms with van der Waals surface area (Å²) in [7, 11) is -1.95. The van der Waals surface area contributed by atoms with E-state index in [1.165, 1.54) is 16.4 Å². The van der Waals surface area contributed by atoms with Gasteiger partial charge in [-0.25, -0.2) is 8.42 Å². The van der Waals surface area contributed by atoms with Crippen LogP contribution in [0.1, 0.15) is 32.6 Å². The molecule has 0 saturated heterocycles. The summed E-state index contributed by atoms with van der Waals surface area (Å²) in [6.07, 6.45) is 3.93. The third-order valence-electron chi connectivity index (χ3n) is 4.13. The highest BCUT2D eigenvalue weighted by atomic mass is 35.5. The van der Waals surface area contributed by atoms with Gasteiger partial charge in [0, 0.05) is 18.1 Å². The van der Waals surface area contributed by atoms with Crippen molar-refractivity contribution in [3.63, 3.8) is 0 Å². The maximum Gasteiger partial charge on any atom is 0.245 e. The van der Waals surface area contributed by atoms with Gasteiger partial charge in [-0.1, -0.05) is 18.5 Å². The average molecular weight is 317 g/mol. The molecule has 0 unspecified atom stereocenters. The molecule has 1 aliphatic rings. The van der Waals surface area contributed by atoms with Crippen LogP contribution in [-0.4, -0.2) is 25.8 Å². The Labute approximate surface area is 126 Å². The maximum atomic E-state index is 12.7. The standard InChI is InChI=1S/C14H21ClN2O2S/c1-10-3-6-12(7-4-10)17(2)20(18,19)14-9-11(15)5-8-13(14)16/h5,8-10,12H,3-4,6-7,16H2,1-2H3. The summed E-state index contributed by atoms with van der Waals surface area (Å²) >= 11 is 5.89. The Morgan fingerprint density at radius 3 is 2.45 bits per heavy atom. The van der Waals surface area contributed by atoms with Crippen molar-refractivity contribution in [1.82, 2.24) is 4.31 Å². The number of nitrogen functional groups attached to an aromatic ring is 1. The molecule has 4 nitrogen and oxygen atoms in total. The van der Waals surface area contributed by atoms with E-state index in [1.54, 1.807) is 13.1 Å². The highest BCUT2D eigenvalue weighted by molar-refractivity contribution is 7.89. The molecule has 0 spiro atoms. The second kappa shape index (κ2) is 5.92. The van der Waals surface area contributed by atoms with E-state index in [1.807, 2.05) is 0 Å². The van der Waals surface area contributed by atoms with Gasteiger partial charge in [-0.2, -0.15) is 4.31 Å². The molecular weight excluding hydrogens is 296 g/mol. The normalized spacial score (nSPS) is 24.0. The van der Waals surface area contributed by atoms with Crippen LogP contribution in [0.25, 0.3) is 0 Å². The molecule has 1 saturated carbocycles. The highest BCUT2D eigenvalue weighted by Crippen LogP contribution is 2.31. The monoisotopic (exact) mass is 316 g/mol. The van der Waals surface area contributed by atoms with Crippen LogP contribution in [0, 0.1) is 5.92 Å². The summed E-state index contributed by atoms with van der Waals surface area (Å²) in [5.41, 5.74) is 6.04. The second-order valence-corrected chi connectivity index (χ2v) is 8.02. The Morgan fingerprint density at radius 1 is 1.25 bits per heavy atom. The lowest BCUT2D eigenvalue weighted by molar-refractivity contribution is 0.246. The molecule has 20 heavy (non-hydrogen) atoms. The summed E-state index contributed by atoms with van der Waals surface area (Å²) < 4.78 is 26.8. The zero-order valence-corrected chi connectivity index (χ0v) is 13.4. The Morgan fingerprint density at radius 2 is 1.85 bits per heavy atom. The first-order valence-electron chi connectivity index (χ1n) is 6.85. The SMILES string of the molecule is CC1CCC(N(C)S(=O)(=O)c2cc(Cl)ccc2N)CC1. The minimum absolute atomic E-state index is 0.0505. The van der Waals surface area contributed by atoms with Gasteiger partial charge in [-0.15, -0.1) is 0 Å². The van der Waals surface area contributed by atoms with Crippen molar-refractivity contribution in [1.29, 1.82) is 0 Å². The van der Waals surface area contributed by atoms with Crippen molar-refractivity contribution in [2.75, 3.05) is 12.8 Å². The lowest BCUT2D eigenvalue weighted by atomic mass is 9.87. The number of hydrogen-bond donors (Lipinski definition) is 1. The maximum absolute atomic E-state index is 12.7. The molecule has 6 heteroatoms. The van der Waals surface area contributed by atoms with Crippen LogP contribution in [0.3, 0.4) is 0 Å². The Hall–Kier alpha value is -0.780. The molecule has 2 rings (SSSR count). The third kappa shape index (κ3) is 3.10. The number of rotatable bonds is 3. The number of hydrogen-bond acceptors (Lipinski definition) is 3. The fourth-order valence-electron chi connectivity index (χ4n) is 2.69. The average Bonchev–Trinajstić information content (AvgIpc) is 2.41. The van der Waals surface area contributed by atoms with E-state index in [0.717, 1.165) is 25.7 Å². The second-order valence-electron chi connectivity index (χ2n) is 5.62. The topological polar surface area (TPSA) is 63.4 Å². The molecule has 1 aromatic carbocycles. The van der Waals surface area contributed by atoms with Crippen molar-refractivity contribution in [2.45, 2.75) is 43.5 Å². The summed E-state index contributed by atoms with van der Waals surface area (Å²) in [5, 5.41) is 0.378. The molecule has 2 N–H and O–H groups in total. The first kappa shape index (κ1) is 15.6. The van der Waals surface area contributed by atoms with E-state index in [4.69, 9.17) is 17.3 Å². The number of nitrogens with two attached hydrogens (primary N) is 1. The molecule has 0 aromatic heterocycles. The summed E-state index contributed by atoms with van der Waals surface area (Å²) in [4.78, 5) is 0.103. The van der Waals surface area contributed by atoms with E-state index >= 15 is 0 Å². The molecule has 1 fully saturated rings. The van der Waals surface area contributed by atoms with Crippen molar-refractivity contribution in [3.8, 4) is 0 Å². The third-order valence-corrected chi connectivity index (χ3v) is 6.33. The number of sulfonamides is 1. The van der Waals surface area contributed by atoms with E-state index in [-0.39, 0.29) is 16.6 Å². The highest BCUT2D eigenvalue weighted by Gasteiger charge is 2.31. The van der Waals surface area contributed by atoms with Gasteiger partial charge >= 0.3 is 0 Å². The van der Waals surface area contributed by atoms with E-state index in [2.05, 4.69) is 6.92 Å². The minimum atomic E-state index is -3.59. The lowest BCUT2D eigenvalue weighted by Gasteiger charge is -2.33. The molecule has 0 bridgehead atoms. The van der Waals surface area contributed by atoms with Crippen molar-refractivity contribution in [2.24, 2.45) is 5.92 Å². The number of nitrogens with zero attached hydrogens (tertiary/aromatic N) is 1. The van der Waals surface area contributed by atoms with Crippen molar-refractivity contribution >= 4 is 27.3 Å². The van der Waals surface area contributed by atoms with Crippen LogP contribution in [0.15, 0.2) is 23.1 Å². The number of anilines is 1. The Kier molecular flexibility index (Phi) is 4.62. The smallest absolute Gasteiger partial charge is 0.245 e. The quantitative estimate of drug-likeness (QED) is 0.871. The molecule has 0 atom stereocenters.